The molecule has 2 N–H and O–H groups in total. The first-order valence-electron chi connectivity index (χ1n) is 10.5. The lowest BCUT2D eigenvalue weighted by atomic mass is 10.2. The quantitative estimate of drug-likeness (QED) is 0.764. The largest absolute Gasteiger partial charge is 0.506 e. The molecule has 0 radical (unpaired) electrons. The monoisotopic (exact) mass is 422 g/mol. The number of nitrogens with one attached hydrogen (secondary N) is 1. The molecule has 2 aliphatic heterocycles. The number of aromatic hydroxyl groups is 1. The molecule has 31 heavy (non-hydrogen) atoms. The summed E-state index contributed by atoms with van der Waals surface area (Å²) in [6, 6.07) is 14.0. The number of rotatable bonds is 5. The van der Waals surface area contributed by atoms with Crippen LogP contribution in [-0.4, -0.2) is 67.0 Å². The van der Waals surface area contributed by atoms with Gasteiger partial charge < -0.3 is 25.1 Å². The molecule has 4 rings (SSSR count). The van der Waals surface area contributed by atoms with Crippen LogP contribution in [0.15, 0.2) is 48.5 Å². The highest BCUT2D eigenvalue weighted by atomic mass is 16.3. The average molecular weight is 422 g/mol. The zero-order valence-corrected chi connectivity index (χ0v) is 17.3. The number of amides is 3. The zero-order valence-electron chi connectivity index (χ0n) is 17.3. The maximum absolute atomic E-state index is 12.5. The third kappa shape index (κ3) is 4.63. The van der Waals surface area contributed by atoms with E-state index in [4.69, 9.17) is 0 Å². The number of piperazine rings is 1. The van der Waals surface area contributed by atoms with Crippen LogP contribution in [0.3, 0.4) is 0 Å². The van der Waals surface area contributed by atoms with Crippen LogP contribution in [0.1, 0.15) is 23.2 Å². The van der Waals surface area contributed by atoms with Crippen LogP contribution in [0, 0.1) is 0 Å². The summed E-state index contributed by atoms with van der Waals surface area (Å²) in [6.07, 6.45) is 1.41. The topological polar surface area (TPSA) is 93.2 Å². The summed E-state index contributed by atoms with van der Waals surface area (Å²) in [5.41, 5.74) is 2.01. The van der Waals surface area contributed by atoms with Crippen LogP contribution in [0.25, 0.3) is 0 Å². The molecule has 8 heteroatoms. The molecule has 0 unspecified atom stereocenters. The fourth-order valence-electron chi connectivity index (χ4n) is 4.01. The van der Waals surface area contributed by atoms with Gasteiger partial charge in [-0.2, -0.15) is 0 Å². The van der Waals surface area contributed by atoms with Crippen molar-refractivity contribution in [3.8, 4) is 5.75 Å². The minimum Gasteiger partial charge on any atom is -0.506 e. The lowest BCUT2D eigenvalue weighted by molar-refractivity contribution is -0.130. The van der Waals surface area contributed by atoms with Crippen molar-refractivity contribution in [3.63, 3.8) is 0 Å². The molecular formula is C23H26N4O4. The lowest BCUT2D eigenvalue weighted by Crippen LogP contribution is -2.51. The van der Waals surface area contributed by atoms with E-state index >= 15 is 0 Å². The highest BCUT2D eigenvalue weighted by molar-refractivity contribution is 5.98. The van der Waals surface area contributed by atoms with Gasteiger partial charge in [-0.3, -0.25) is 14.4 Å². The van der Waals surface area contributed by atoms with Crippen molar-refractivity contribution in [3.05, 3.63) is 54.1 Å². The van der Waals surface area contributed by atoms with Gasteiger partial charge in [-0.1, -0.05) is 12.1 Å². The van der Waals surface area contributed by atoms with E-state index in [0.29, 0.717) is 44.7 Å². The fourth-order valence-corrected chi connectivity index (χ4v) is 4.01. The first-order valence-corrected chi connectivity index (χ1v) is 10.5. The fraction of sp³-hybridized carbons (Fsp3) is 0.348. The molecule has 2 fully saturated rings. The van der Waals surface area contributed by atoms with Crippen LogP contribution in [0.5, 0.6) is 5.75 Å². The Kier molecular flexibility index (Phi) is 6.06. The Morgan fingerprint density at radius 2 is 1.65 bits per heavy atom. The summed E-state index contributed by atoms with van der Waals surface area (Å²) >= 11 is 0. The molecule has 0 spiro atoms. The van der Waals surface area contributed by atoms with Crippen molar-refractivity contribution in [2.45, 2.75) is 12.8 Å². The van der Waals surface area contributed by atoms with Gasteiger partial charge in [0, 0.05) is 50.4 Å². The standard InChI is InChI=1S/C23H26N4O4/c28-20-5-2-1-4-19(20)25-12-14-26(15-13-25)22(30)16-24-23(31)17-7-9-18(10-8-17)27-11-3-6-21(27)29/h1-2,4-5,7-10,28H,3,6,11-16H2,(H,24,31). The molecule has 2 aliphatic rings. The molecule has 2 saturated heterocycles. The number of anilines is 2. The number of phenolic OH excluding ortho intramolecular Hbond substituents is 1. The Morgan fingerprint density at radius 3 is 2.29 bits per heavy atom. The summed E-state index contributed by atoms with van der Waals surface area (Å²) in [5.74, 6) is -0.120. The third-order valence-electron chi connectivity index (χ3n) is 5.77. The summed E-state index contributed by atoms with van der Waals surface area (Å²) in [6.45, 7) is 2.93. The number of phenols is 1. The predicted octanol–water partition coefficient (Wildman–Crippen LogP) is 1.60. The van der Waals surface area contributed by atoms with Gasteiger partial charge in [-0.15, -0.1) is 0 Å². The third-order valence-corrected chi connectivity index (χ3v) is 5.77. The number of benzene rings is 2. The molecule has 0 aliphatic carbocycles. The minimum absolute atomic E-state index is 0.0677. The Morgan fingerprint density at radius 1 is 0.935 bits per heavy atom. The molecule has 0 atom stereocenters. The molecule has 0 aromatic heterocycles. The molecule has 2 heterocycles. The second-order valence-corrected chi connectivity index (χ2v) is 7.74. The van der Waals surface area contributed by atoms with E-state index in [0.717, 1.165) is 17.8 Å². The number of para-hydroxylation sites is 2. The van der Waals surface area contributed by atoms with Crippen molar-refractivity contribution < 1.29 is 19.5 Å². The lowest BCUT2D eigenvalue weighted by Gasteiger charge is -2.36. The van der Waals surface area contributed by atoms with Gasteiger partial charge in [-0.25, -0.2) is 0 Å². The molecule has 8 nitrogen and oxygen atoms in total. The first kappa shape index (κ1) is 20.7. The summed E-state index contributed by atoms with van der Waals surface area (Å²) in [5, 5.41) is 12.7. The molecule has 0 bridgehead atoms. The molecular weight excluding hydrogens is 396 g/mol. The second kappa shape index (κ2) is 9.07. The van der Waals surface area contributed by atoms with E-state index in [1.807, 2.05) is 17.0 Å². The van der Waals surface area contributed by atoms with Gasteiger partial charge in [0.2, 0.25) is 11.8 Å². The summed E-state index contributed by atoms with van der Waals surface area (Å²) in [4.78, 5) is 42.2. The maximum atomic E-state index is 12.5. The highest BCUT2D eigenvalue weighted by Gasteiger charge is 2.24. The smallest absolute Gasteiger partial charge is 0.251 e. The SMILES string of the molecule is O=C(NCC(=O)N1CCN(c2ccccc2O)CC1)c1ccc(N2CCCC2=O)cc1. The first-order chi connectivity index (χ1) is 15.0. The van der Waals surface area contributed by atoms with Crippen LogP contribution in [-0.2, 0) is 9.59 Å². The van der Waals surface area contributed by atoms with Gasteiger partial charge in [0.25, 0.3) is 5.91 Å². The number of carbonyl (C=O) groups is 3. The van der Waals surface area contributed by atoms with Crippen LogP contribution in [0.4, 0.5) is 11.4 Å². The van der Waals surface area contributed by atoms with Gasteiger partial charge in [0.15, 0.2) is 0 Å². The highest BCUT2D eigenvalue weighted by Crippen LogP contribution is 2.27. The van der Waals surface area contributed by atoms with Crippen molar-refractivity contribution >= 4 is 29.1 Å². The van der Waals surface area contributed by atoms with Crippen LogP contribution in [0.2, 0.25) is 0 Å². The van der Waals surface area contributed by atoms with Crippen molar-refractivity contribution in [2.24, 2.45) is 0 Å². The molecule has 0 saturated carbocycles. The summed E-state index contributed by atoms with van der Waals surface area (Å²) in [7, 11) is 0. The van der Waals surface area contributed by atoms with Crippen molar-refractivity contribution in [2.75, 3.05) is 49.1 Å². The van der Waals surface area contributed by atoms with E-state index in [1.165, 1.54) is 0 Å². The maximum Gasteiger partial charge on any atom is 0.251 e. The Bertz CT molecular complexity index is 968. The number of hydrogen-bond donors (Lipinski definition) is 2. The van der Waals surface area contributed by atoms with Crippen molar-refractivity contribution in [1.29, 1.82) is 0 Å². The van der Waals surface area contributed by atoms with Gasteiger partial charge in [0.05, 0.1) is 12.2 Å². The normalized spacial score (nSPS) is 16.5. The molecule has 2 aromatic carbocycles. The molecule has 162 valence electrons. The summed E-state index contributed by atoms with van der Waals surface area (Å²) < 4.78 is 0. The molecule has 2 aromatic rings. The predicted molar refractivity (Wildman–Crippen MR) is 117 cm³/mol. The second-order valence-electron chi connectivity index (χ2n) is 7.74. The van der Waals surface area contributed by atoms with Crippen molar-refractivity contribution in [1.82, 2.24) is 10.2 Å². The molecule has 3 amide bonds. The Hall–Kier alpha value is -3.55. The van der Waals surface area contributed by atoms with E-state index in [-0.39, 0.29) is 30.0 Å². The zero-order chi connectivity index (χ0) is 21.8. The number of carbonyl (C=O) groups excluding carboxylic acids is 3. The van der Waals surface area contributed by atoms with Gasteiger partial charge in [-0.05, 0) is 42.8 Å². The van der Waals surface area contributed by atoms with Crippen LogP contribution >= 0.6 is 0 Å². The van der Waals surface area contributed by atoms with Crippen LogP contribution < -0.4 is 15.1 Å². The van der Waals surface area contributed by atoms with E-state index in [1.54, 1.807) is 46.2 Å². The van der Waals surface area contributed by atoms with E-state index < -0.39 is 0 Å². The van der Waals surface area contributed by atoms with Gasteiger partial charge >= 0.3 is 0 Å². The van der Waals surface area contributed by atoms with E-state index in [2.05, 4.69) is 5.32 Å². The Labute approximate surface area is 181 Å². The Balaban J connectivity index is 1.26. The number of nitrogens with zero attached hydrogens (tertiary/aromatic N) is 3. The van der Waals surface area contributed by atoms with E-state index in [9.17, 15) is 19.5 Å². The minimum atomic E-state index is -0.319. The number of hydrogen-bond acceptors (Lipinski definition) is 5. The average Bonchev–Trinajstić information content (AvgIpc) is 3.23. The van der Waals surface area contributed by atoms with Gasteiger partial charge in [0.1, 0.15) is 5.75 Å².